The van der Waals surface area contributed by atoms with Gasteiger partial charge >= 0.3 is 22.1 Å². The van der Waals surface area contributed by atoms with Gasteiger partial charge in [-0.3, -0.25) is 0 Å². The maximum atomic E-state index is 8.28. The van der Waals surface area contributed by atoms with Gasteiger partial charge in [0, 0.05) is 16.7 Å². The van der Waals surface area contributed by atoms with E-state index in [1.165, 1.54) is 0 Å². The SMILES string of the molecule is [CH3-].[NH-]c1ccccc1-c1nc(-c2ccccc2)nc(-c2ccccc2)n1.[O]=[Os]. The van der Waals surface area contributed by atoms with Crippen LogP contribution in [0.4, 0.5) is 5.69 Å². The Labute approximate surface area is 174 Å². The number of nitrogens with one attached hydrogen (secondary N) is 1. The van der Waals surface area contributed by atoms with Gasteiger partial charge in [-0.15, -0.1) is 5.69 Å². The molecular formula is C22H18N4OOs-2. The Balaban J connectivity index is 0.000000906. The van der Waals surface area contributed by atoms with Crippen LogP contribution in [0.2, 0.25) is 0 Å². The van der Waals surface area contributed by atoms with E-state index in [4.69, 9.17) is 9.27 Å². The second-order valence-corrected chi connectivity index (χ2v) is 5.58. The molecule has 0 bridgehead atoms. The summed E-state index contributed by atoms with van der Waals surface area (Å²) in [6.45, 7) is 0. The molecule has 4 aromatic rings. The van der Waals surface area contributed by atoms with Crippen molar-refractivity contribution in [2.75, 3.05) is 0 Å². The second-order valence-electron chi connectivity index (χ2n) is 5.58. The zero-order valence-corrected chi connectivity index (χ0v) is 17.7. The molecule has 0 radical (unpaired) electrons. The van der Waals surface area contributed by atoms with E-state index < -0.39 is 0 Å². The van der Waals surface area contributed by atoms with E-state index in [2.05, 4.69) is 15.0 Å². The van der Waals surface area contributed by atoms with Crippen molar-refractivity contribution >= 4 is 5.69 Å². The Hall–Kier alpha value is -3.09. The summed E-state index contributed by atoms with van der Waals surface area (Å²) in [5.41, 5.74) is 11.1. The molecule has 3 aromatic carbocycles. The zero-order valence-electron chi connectivity index (χ0n) is 15.2. The van der Waals surface area contributed by atoms with Crippen LogP contribution in [-0.2, 0) is 22.1 Å². The van der Waals surface area contributed by atoms with Crippen molar-refractivity contribution in [2.45, 2.75) is 0 Å². The van der Waals surface area contributed by atoms with Crippen LogP contribution in [0.25, 0.3) is 39.9 Å². The normalized spacial score (nSPS) is 9.61. The standard InChI is InChI=1S/C21H15N4.CH3.O.Os/c22-18-14-8-7-13-17(18)21-24-19(15-9-3-1-4-10-15)23-20(25-21)16-11-5-2-6-12-16;;;/h1-14,22H;1H3;;/q2*-1;;. The van der Waals surface area contributed by atoms with Gasteiger partial charge in [0.05, 0.1) is 0 Å². The molecule has 0 aliphatic rings. The average Bonchev–Trinajstić information content (AvgIpc) is 2.76. The molecule has 142 valence electrons. The first-order chi connectivity index (χ1) is 13.3. The van der Waals surface area contributed by atoms with Crippen molar-refractivity contribution in [2.24, 2.45) is 0 Å². The molecule has 0 atom stereocenters. The van der Waals surface area contributed by atoms with Crippen molar-refractivity contribution in [3.05, 3.63) is 98.1 Å². The fraction of sp³-hybridized carbons (Fsp3) is 0. The molecule has 0 saturated heterocycles. The van der Waals surface area contributed by atoms with Gasteiger partial charge in [0.1, 0.15) is 0 Å². The minimum absolute atomic E-state index is 0. The fourth-order valence-electron chi connectivity index (χ4n) is 2.61. The molecule has 1 aromatic heterocycles. The predicted octanol–water partition coefficient (Wildman–Crippen LogP) is 5.89. The number of rotatable bonds is 3. The Morgan fingerprint density at radius 2 is 0.964 bits per heavy atom. The third-order valence-corrected chi connectivity index (χ3v) is 3.87. The maximum absolute atomic E-state index is 8.28. The van der Waals surface area contributed by atoms with Crippen LogP contribution in [0.3, 0.4) is 0 Å². The Kier molecular flexibility index (Phi) is 7.80. The number of hydrogen-bond donors (Lipinski definition) is 0. The van der Waals surface area contributed by atoms with E-state index in [0.29, 0.717) is 47.3 Å². The molecule has 0 unspecified atom stereocenters. The minimum atomic E-state index is 0. The molecule has 1 N–H and O–H groups in total. The van der Waals surface area contributed by atoms with Crippen LogP contribution in [0, 0.1) is 7.43 Å². The Morgan fingerprint density at radius 3 is 1.43 bits per heavy atom. The molecule has 6 heteroatoms. The van der Waals surface area contributed by atoms with Gasteiger partial charge in [0.2, 0.25) is 0 Å². The van der Waals surface area contributed by atoms with Gasteiger partial charge in [0.15, 0.2) is 17.5 Å². The van der Waals surface area contributed by atoms with E-state index in [9.17, 15) is 0 Å². The topological polar surface area (TPSA) is 79.5 Å². The van der Waals surface area contributed by atoms with Gasteiger partial charge in [-0.05, 0) is 0 Å². The number of benzene rings is 3. The van der Waals surface area contributed by atoms with E-state index in [1.807, 2.05) is 78.9 Å². The summed E-state index contributed by atoms with van der Waals surface area (Å²) in [6, 6.07) is 27.0. The van der Waals surface area contributed by atoms with Crippen molar-refractivity contribution in [1.29, 1.82) is 0 Å². The van der Waals surface area contributed by atoms with Crippen LogP contribution >= 0.6 is 0 Å². The first-order valence-corrected chi connectivity index (χ1v) is 9.17. The number of aromatic nitrogens is 3. The molecule has 0 aliphatic heterocycles. The van der Waals surface area contributed by atoms with Crippen LogP contribution < -0.4 is 0 Å². The molecule has 4 rings (SSSR count). The van der Waals surface area contributed by atoms with Crippen LogP contribution in [-0.4, -0.2) is 15.0 Å². The summed E-state index contributed by atoms with van der Waals surface area (Å²) in [7, 11) is 0. The van der Waals surface area contributed by atoms with Gasteiger partial charge in [0.25, 0.3) is 0 Å². The first-order valence-electron chi connectivity index (χ1n) is 8.13. The van der Waals surface area contributed by atoms with Gasteiger partial charge in [-0.2, -0.15) is 0 Å². The summed E-state index contributed by atoms with van der Waals surface area (Å²) in [4.78, 5) is 13.9. The number of hydrogen-bond acceptors (Lipinski definition) is 4. The summed E-state index contributed by atoms with van der Waals surface area (Å²) < 4.78 is 8.28. The van der Waals surface area contributed by atoms with E-state index in [0.717, 1.165) is 11.1 Å². The van der Waals surface area contributed by atoms with Gasteiger partial charge in [-0.25, -0.2) is 15.0 Å². The molecule has 1 heterocycles. The molecule has 0 aliphatic carbocycles. The van der Waals surface area contributed by atoms with E-state index >= 15 is 0 Å². The van der Waals surface area contributed by atoms with Crippen molar-refractivity contribution < 1.29 is 22.1 Å². The predicted molar refractivity (Wildman–Crippen MR) is 107 cm³/mol. The molecule has 0 amide bonds. The van der Waals surface area contributed by atoms with Crippen LogP contribution in [0.15, 0.2) is 84.9 Å². The van der Waals surface area contributed by atoms with Crippen LogP contribution in [0.5, 0.6) is 0 Å². The quantitative estimate of drug-likeness (QED) is 0.302. The molecular weight excluding hydrogens is 526 g/mol. The summed E-state index contributed by atoms with van der Waals surface area (Å²) in [6.07, 6.45) is 0. The molecule has 28 heavy (non-hydrogen) atoms. The third-order valence-electron chi connectivity index (χ3n) is 3.87. The Bertz CT molecular complexity index is 969. The summed E-state index contributed by atoms with van der Waals surface area (Å²) in [5, 5.41) is 0. The fourth-order valence-corrected chi connectivity index (χ4v) is 2.61. The molecule has 0 saturated carbocycles. The summed E-state index contributed by atoms with van der Waals surface area (Å²) >= 11 is 0.611. The van der Waals surface area contributed by atoms with E-state index in [1.54, 1.807) is 6.07 Å². The Morgan fingerprint density at radius 1 is 0.571 bits per heavy atom. The zero-order chi connectivity index (χ0) is 19.1. The first kappa shape index (κ1) is 21.2. The molecule has 0 spiro atoms. The second kappa shape index (κ2) is 10.3. The van der Waals surface area contributed by atoms with Gasteiger partial charge < -0.3 is 13.2 Å². The van der Waals surface area contributed by atoms with Crippen molar-refractivity contribution in [3.8, 4) is 34.2 Å². The average molecular weight is 545 g/mol. The third kappa shape index (κ3) is 4.79. The number of nitrogens with zero attached hydrogens (tertiary/aromatic N) is 3. The molecule has 0 fully saturated rings. The van der Waals surface area contributed by atoms with Crippen LogP contribution in [0.1, 0.15) is 0 Å². The van der Waals surface area contributed by atoms with E-state index in [-0.39, 0.29) is 7.43 Å². The monoisotopic (exact) mass is 546 g/mol. The van der Waals surface area contributed by atoms with Crippen molar-refractivity contribution in [1.82, 2.24) is 15.0 Å². The summed E-state index contributed by atoms with van der Waals surface area (Å²) in [5.74, 6) is 1.72. The molecule has 5 nitrogen and oxygen atoms in total. The van der Waals surface area contributed by atoms with Crippen molar-refractivity contribution in [3.63, 3.8) is 0 Å². The van der Waals surface area contributed by atoms with Gasteiger partial charge in [-0.1, -0.05) is 84.9 Å².